The molecule has 34 heteroatoms. The van der Waals surface area contributed by atoms with Gasteiger partial charge in [-0.05, 0) is 0 Å². The van der Waals surface area contributed by atoms with E-state index in [1.165, 1.54) is 0 Å². The van der Waals surface area contributed by atoms with E-state index in [1.54, 1.807) is 0 Å². The summed E-state index contributed by atoms with van der Waals surface area (Å²) in [5.41, 5.74) is -0.0335. The number of rotatable bonds is 13. The first kappa shape index (κ1) is 47.7. The van der Waals surface area contributed by atoms with Gasteiger partial charge in [0.25, 0.3) is 0 Å². The SMILES string of the molecule is [NH3+]C(F)(C(F)(F)C(F)(F)C(F)(F)C(F)(F)C(F)(F)C(F)(F)C(F)(F)F)C(F)(F)C(F)(F)C(F)(F)C(F)(F)C(F)(F)C(F)(F)C(F)(F)C(F)(F)F. The molecule has 0 aliphatic carbocycles. The molecule has 0 radical (unpaired) electrons. The molecule has 0 aromatic rings. The Morgan fingerprint density at radius 1 is 0.160 bits per heavy atom. The smallest absolute Gasteiger partial charge is 0.315 e. The Bertz CT molecular complexity index is 1150. The van der Waals surface area contributed by atoms with Gasteiger partial charge in [0, 0.05) is 0 Å². The summed E-state index contributed by atoms with van der Waals surface area (Å²) in [4.78, 5) is 0. The summed E-state index contributed by atoms with van der Waals surface area (Å²) in [7, 11) is 0. The van der Waals surface area contributed by atoms with Crippen molar-refractivity contribution in [1.82, 2.24) is 0 Å². The molecule has 302 valence electrons. The van der Waals surface area contributed by atoms with E-state index in [2.05, 4.69) is 0 Å². The third-order valence-electron chi connectivity index (χ3n) is 6.05. The molecule has 0 aliphatic rings. The van der Waals surface area contributed by atoms with Gasteiger partial charge in [-0.1, -0.05) is 0 Å². The van der Waals surface area contributed by atoms with Crippen molar-refractivity contribution in [3.05, 3.63) is 0 Å². The highest BCUT2D eigenvalue weighted by Gasteiger charge is 3.02. The van der Waals surface area contributed by atoms with E-state index in [0.29, 0.717) is 0 Å². The van der Waals surface area contributed by atoms with Gasteiger partial charge in [0.15, 0.2) is 0 Å². The highest BCUT2D eigenvalue weighted by molar-refractivity contribution is 5.21. The Morgan fingerprint density at radius 2 is 0.260 bits per heavy atom. The lowest BCUT2D eigenvalue weighted by Crippen LogP contribution is -2.93. The fraction of sp³-hybridized carbons (Fsp3) is 1.00. The van der Waals surface area contributed by atoms with Crippen molar-refractivity contribution in [3.63, 3.8) is 0 Å². The van der Waals surface area contributed by atoms with Crippen LogP contribution in [0.4, 0.5) is 145 Å². The van der Waals surface area contributed by atoms with E-state index in [-0.39, 0.29) is 5.73 Å². The van der Waals surface area contributed by atoms with E-state index >= 15 is 0 Å². The Labute approximate surface area is 247 Å². The van der Waals surface area contributed by atoms with Crippen LogP contribution in [0.2, 0.25) is 0 Å². The van der Waals surface area contributed by atoms with Crippen LogP contribution in [0.5, 0.6) is 0 Å². The van der Waals surface area contributed by atoms with Crippen molar-refractivity contribution < 1.29 is 151 Å². The van der Waals surface area contributed by atoms with Gasteiger partial charge in [0.2, 0.25) is 0 Å². The maximum Gasteiger partial charge on any atom is 0.460 e. The molecule has 0 saturated heterocycles. The summed E-state index contributed by atoms with van der Waals surface area (Å²) < 4.78 is 437. The van der Waals surface area contributed by atoms with Crippen LogP contribution < -0.4 is 5.73 Å². The van der Waals surface area contributed by atoms with Crippen LogP contribution in [0, 0.1) is 0 Å². The van der Waals surface area contributed by atoms with Crippen LogP contribution in [0.3, 0.4) is 0 Å². The Morgan fingerprint density at radius 3 is 0.380 bits per heavy atom. The van der Waals surface area contributed by atoms with Gasteiger partial charge in [-0.25, -0.2) is 0 Å². The summed E-state index contributed by atoms with van der Waals surface area (Å²) in [6.45, 7) is 0. The lowest BCUT2D eigenvalue weighted by atomic mass is 9.81. The van der Waals surface area contributed by atoms with Crippen LogP contribution in [-0.4, -0.2) is 95.1 Å². The average molecular weight is 836 g/mol. The first-order chi connectivity index (χ1) is 20.8. The third-order valence-corrected chi connectivity index (χ3v) is 6.05. The van der Waals surface area contributed by atoms with Crippen LogP contribution in [0.1, 0.15) is 0 Å². The molecular weight excluding hydrogens is 833 g/mol. The molecule has 1 unspecified atom stereocenters. The first-order valence-corrected chi connectivity index (χ1v) is 10.3. The Hall–Kier alpha value is -2.35. The summed E-state index contributed by atoms with van der Waals surface area (Å²) in [6.07, 6.45) is -16.7. The lowest BCUT2D eigenvalue weighted by molar-refractivity contribution is -0.641. The van der Waals surface area contributed by atoms with Gasteiger partial charge in [0.05, 0.1) is 0 Å². The highest BCUT2D eigenvalue weighted by atomic mass is 19.4. The number of hydrogen-bond donors (Lipinski definition) is 1. The standard InChI is InChI=1S/C16H2F33N/c17-1(18,4(23,24)8(31,32)12(39,40)15(44,45)46)2(19,20)6(27,28)10(35,36)14(43,50)11(37,38)7(29,30)3(21,22)5(25,26)9(33,34)13(41,42)16(47,48)49/h50H2/p+1. The van der Waals surface area contributed by atoms with Crippen molar-refractivity contribution in [1.29, 1.82) is 0 Å². The molecule has 0 spiro atoms. The molecule has 0 fully saturated rings. The van der Waals surface area contributed by atoms with Crippen molar-refractivity contribution >= 4 is 0 Å². The summed E-state index contributed by atoms with van der Waals surface area (Å²) in [5, 5.41) is 0. The molecule has 0 aromatic heterocycles. The van der Waals surface area contributed by atoms with Crippen molar-refractivity contribution in [3.8, 4) is 0 Å². The second-order valence-corrected chi connectivity index (χ2v) is 9.26. The molecule has 0 heterocycles. The number of alkyl halides is 33. The summed E-state index contributed by atoms with van der Waals surface area (Å²) >= 11 is 0. The predicted octanol–water partition coefficient (Wildman–Crippen LogP) is 9.28. The van der Waals surface area contributed by atoms with Gasteiger partial charge in [-0.3, -0.25) is 0 Å². The van der Waals surface area contributed by atoms with Gasteiger partial charge in [-0.15, -0.1) is 0 Å². The maximum absolute atomic E-state index is 14.2. The van der Waals surface area contributed by atoms with E-state index in [9.17, 15) is 145 Å². The van der Waals surface area contributed by atoms with Crippen LogP contribution in [-0.2, 0) is 0 Å². The second kappa shape index (κ2) is 11.1. The number of quaternary nitrogens is 1. The minimum Gasteiger partial charge on any atom is -0.315 e. The Kier molecular flexibility index (Phi) is 10.6. The number of halogens is 33. The van der Waals surface area contributed by atoms with Crippen molar-refractivity contribution in [2.24, 2.45) is 0 Å². The minimum absolute atomic E-state index is 0.0335. The topological polar surface area (TPSA) is 27.6 Å². The first-order valence-electron chi connectivity index (χ1n) is 10.3. The van der Waals surface area contributed by atoms with E-state index in [1.807, 2.05) is 0 Å². The molecule has 1 atom stereocenters. The van der Waals surface area contributed by atoms with Gasteiger partial charge >= 0.3 is 95.1 Å². The molecule has 50 heavy (non-hydrogen) atoms. The molecule has 0 aliphatic heterocycles. The van der Waals surface area contributed by atoms with Crippen molar-refractivity contribution in [2.75, 3.05) is 0 Å². The zero-order valence-electron chi connectivity index (χ0n) is 21.2. The van der Waals surface area contributed by atoms with Crippen LogP contribution in [0.25, 0.3) is 0 Å². The average Bonchev–Trinajstić information content (AvgIpc) is 2.85. The quantitative estimate of drug-likeness (QED) is 0.142. The second-order valence-electron chi connectivity index (χ2n) is 9.26. The van der Waals surface area contributed by atoms with Crippen LogP contribution in [0.15, 0.2) is 0 Å². The van der Waals surface area contributed by atoms with E-state index in [4.69, 9.17) is 0 Å². The molecule has 3 N–H and O–H groups in total. The predicted molar refractivity (Wildman–Crippen MR) is 83.1 cm³/mol. The van der Waals surface area contributed by atoms with E-state index < -0.39 is 95.1 Å². The lowest BCUT2D eigenvalue weighted by Gasteiger charge is -2.46. The zero-order chi connectivity index (χ0) is 42.0. The molecule has 0 saturated carbocycles. The fourth-order valence-corrected chi connectivity index (χ4v) is 2.83. The maximum atomic E-state index is 14.2. The molecule has 0 aromatic carbocycles. The van der Waals surface area contributed by atoms with E-state index in [0.717, 1.165) is 0 Å². The molecule has 0 bridgehead atoms. The normalized spacial score (nSPS) is 18.4. The molecule has 0 amide bonds. The summed E-state index contributed by atoms with van der Waals surface area (Å²) in [5.74, 6) is -133. The molecule has 1 nitrogen and oxygen atoms in total. The monoisotopic (exact) mass is 836 g/mol. The number of hydrogen-bond acceptors (Lipinski definition) is 0. The van der Waals surface area contributed by atoms with Gasteiger partial charge in [-0.2, -0.15) is 145 Å². The van der Waals surface area contributed by atoms with Gasteiger partial charge < -0.3 is 5.73 Å². The highest BCUT2D eigenvalue weighted by Crippen LogP contribution is 2.68. The minimum atomic E-state index is -9.90. The zero-order valence-corrected chi connectivity index (χ0v) is 21.2. The third kappa shape index (κ3) is 5.17. The molecular formula is C16H3F33N+. The van der Waals surface area contributed by atoms with Crippen LogP contribution >= 0.6 is 0 Å². The van der Waals surface area contributed by atoms with Gasteiger partial charge in [0.1, 0.15) is 0 Å². The fourth-order valence-electron chi connectivity index (χ4n) is 2.83. The largest absolute Gasteiger partial charge is 0.460 e. The summed E-state index contributed by atoms with van der Waals surface area (Å²) in [6, 6.07) is 0. The Balaban J connectivity index is 7.70. The van der Waals surface area contributed by atoms with Crippen molar-refractivity contribution in [2.45, 2.75) is 95.1 Å². The molecule has 0 rings (SSSR count).